The molecule has 4 nitrogen and oxygen atoms in total. The van der Waals surface area contributed by atoms with Crippen molar-refractivity contribution in [2.45, 2.75) is 0 Å². The van der Waals surface area contributed by atoms with E-state index >= 15 is 0 Å². The van der Waals surface area contributed by atoms with Gasteiger partial charge in [0.1, 0.15) is 11.6 Å². The number of ketones is 1. The van der Waals surface area contributed by atoms with Gasteiger partial charge in [0.05, 0.1) is 11.3 Å². The van der Waals surface area contributed by atoms with Crippen LogP contribution < -0.4 is 5.32 Å². The third-order valence-corrected chi connectivity index (χ3v) is 3.51. The van der Waals surface area contributed by atoms with Crippen LogP contribution in [0.2, 0.25) is 5.02 Å². The number of aromatic amines is 1. The first-order chi connectivity index (χ1) is 11.0. The van der Waals surface area contributed by atoms with Gasteiger partial charge in [0.2, 0.25) is 0 Å². The van der Waals surface area contributed by atoms with Crippen molar-refractivity contribution in [2.24, 2.45) is 0 Å². The molecule has 0 atom stereocenters. The van der Waals surface area contributed by atoms with Gasteiger partial charge in [-0.15, -0.1) is 0 Å². The highest BCUT2D eigenvalue weighted by atomic mass is 35.5. The van der Waals surface area contributed by atoms with Crippen molar-refractivity contribution in [2.75, 3.05) is 5.32 Å². The largest absolute Gasteiger partial charge is 0.360 e. The zero-order valence-electron chi connectivity index (χ0n) is 11.5. The zero-order valence-corrected chi connectivity index (χ0v) is 12.2. The minimum atomic E-state index is -1.03. The quantitative estimate of drug-likeness (QED) is 0.563. The first-order valence-corrected chi connectivity index (χ1v) is 6.91. The summed E-state index contributed by atoms with van der Waals surface area (Å²) >= 11 is 5.89. The Morgan fingerprint density at radius 1 is 1.09 bits per heavy atom. The maximum Gasteiger partial charge on any atom is 0.296 e. The topological polar surface area (TPSA) is 62.0 Å². The molecule has 1 aromatic heterocycles. The van der Waals surface area contributed by atoms with Crippen LogP contribution in [0.25, 0.3) is 10.9 Å². The number of benzene rings is 2. The number of H-pyrrole nitrogens is 1. The highest BCUT2D eigenvalue weighted by Crippen LogP contribution is 2.23. The van der Waals surface area contributed by atoms with Crippen molar-refractivity contribution >= 4 is 39.9 Å². The smallest absolute Gasteiger partial charge is 0.296 e. The van der Waals surface area contributed by atoms with Crippen LogP contribution in [0.15, 0.2) is 42.6 Å². The van der Waals surface area contributed by atoms with Crippen LogP contribution in [0, 0.1) is 11.6 Å². The van der Waals surface area contributed by atoms with Crippen LogP contribution in [-0.2, 0) is 4.79 Å². The fourth-order valence-corrected chi connectivity index (χ4v) is 2.35. The average molecular weight is 335 g/mol. The lowest BCUT2D eigenvalue weighted by atomic mass is 10.1. The molecule has 0 aliphatic carbocycles. The lowest BCUT2D eigenvalue weighted by Crippen LogP contribution is -2.23. The molecule has 0 spiro atoms. The molecule has 2 aromatic carbocycles. The van der Waals surface area contributed by atoms with Gasteiger partial charge in [-0.2, -0.15) is 0 Å². The van der Waals surface area contributed by atoms with Gasteiger partial charge in [0.15, 0.2) is 0 Å². The molecule has 1 amide bonds. The molecule has 0 saturated heterocycles. The Labute approximate surface area is 134 Å². The molecule has 0 radical (unpaired) electrons. The van der Waals surface area contributed by atoms with E-state index < -0.39 is 23.3 Å². The van der Waals surface area contributed by atoms with Crippen molar-refractivity contribution in [3.8, 4) is 0 Å². The van der Waals surface area contributed by atoms with Crippen LogP contribution >= 0.6 is 11.6 Å². The lowest BCUT2D eigenvalue weighted by molar-refractivity contribution is -0.112. The molecule has 0 unspecified atom stereocenters. The summed E-state index contributed by atoms with van der Waals surface area (Å²) in [5.74, 6) is -3.63. The molecule has 1 heterocycles. The molecule has 0 fully saturated rings. The van der Waals surface area contributed by atoms with E-state index in [4.69, 9.17) is 11.6 Å². The molecule has 3 aromatic rings. The third kappa shape index (κ3) is 2.93. The standard InChI is InChI=1S/C16H9ClF2N2O2/c17-8-1-3-13-10(5-8)11(7-20-13)15(22)16(23)21-14-4-2-9(18)6-12(14)19/h1-7,20H,(H,21,23). The Balaban J connectivity index is 1.89. The summed E-state index contributed by atoms with van der Waals surface area (Å²) in [5.41, 5.74) is 0.476. The number of hydrogen-bond donors (Lipinski definition) is 2. The number of aromatic nitrogens is 1. The molecule has 23 heavy (non-hydrogen) atoms. The van der Waals surface area contributed by atoms with Gasteiger partial charge in [-0.3, -0.25) is 9.59 Å². The molecule has 7 heteroatoms. The Hall–Kier alpha value is -2.73. The summed E-state index contributed by atoms with van der Waals surface area (Å²) in [4.78, 5) is 27.1. The Morgan fingerprint density at radius 3 is 2.61 bits per heavy atom. The number of carbonyl (C=O) groups excluding carboxylic acids is 2. The summed E-state index contributed by atoms with van der Waals surface area (Å²) in [6.07, 6.45) is 1.38. The summed E-state index contributed by atoms with van der Waals surface area (Å²) < 4.78 is 26.4. The number of fused-ring (bicyclic) bond motifs is 1. The second kappa shape index (κ2) is 5.81. The minimum Gasteiger partial charge on any atom is -0.360 e. The van der Waals surface area contributed by atoms with Gasteiger partial charge in [-0.1, -0.05) is 11.6 Å². The zero-order chi connectivity index (χ0) is 16.6. The first kappa shape index (κ1) is 15.2. The second-order valence-corrected chi connectivity index (χ2v) is 5.24. The summed E-state index contributed by atoms with van der Waals surface area (Å²) in [5, 5.41) is 3.02. The second-order valence-electron chi connectivity index (χ2n) is 4.80. The number of carbonyl (C=O) groups is 2. The number of amides is 1. The van der Waals surface area contributed by atoms with Gasteiger partial charge >= 0.3 is 0 Å². The van der Waals surface area contributed by atoms with E-state index in [0.29, 0.717) is 22.0 Å². The number of hydrogen-bond acceptors (Lipinski definition) is 2. The maximum atomic E-state index is 13.5. The molecule has 0 bridgehead atoms. The average Bonchev–Trinajstić information content (AvgIpc) is 2.92. The Bertz CT molecular complexity index is 937. The molecule has 0 saturated carbocycles. The molecule has 2 N–H and O–H groups in total. The molecular weight excluding hydrogens is 326 g/mol. The van der Waals surface area contributed by atoms with Crippen molar-refractivity contribution in [3.05, 3.63) is 64.8 Å². The van der Waals surface area contributed by atoms with Crippen molar-refractivity contribution in [1.29, 1.82) is 0 Å². The lowest BCUT2D eigenvalue weighted by Gasteiger charge is -2.05. The molecule has 3 rings (SSSR count). The highest BCUT2D eigenvalue weighted by Gasteiger charge is 2.21. The SMILES string of the molecule is O=C(Nc1ccc(F)cc1F)C(=O)c1c[nH]c2ccc(Cl)cc12. The summed E-state index contributed by atoms with van der Waals surface area (Å²) in [6.45, 7) is 0. The summed E-state index contributed by atoms with van der Waals surface area (Å²) in [6, 6.07) is 7.50. The van der Waals surface area contributed by atoms with Crippen molar-refractivity contribution in [1.82, 2.24) is 4.98 Å². The van der Waals surface area contributed by atoms with Gasteiger partial charge in [-0.05, 0) is 30.3 Å². The molecule has 0 aliphatic heterocycles. The van der Waals surface area contributed by atoms with Crippen LogP contribution in [-0.4, -0.2) is 16.7 Å². The van der Waals surface area contributed by atoms with E-state index in [1.807, 2.05) is 0 Å². The van der Waals surface area contributed by atoms with E-state index in [0.717, 1.165) is 12.1 Å². The highest BCUT2D eigenvalue weighted by molar-refractivity contribution is 6.48. The molecule has 116 valence electrons. The number of nitrogens with one attached hydrogen (secondary N) is 2. The van der Waals surface area contributed by atoms with Crippen molar-refractivity contribution < 1.29 is 18.4 Å². The predicted molar refractivity (Wildman–Crippen MR) is 82.6 cm³/mol. The van der Waals surface area contributed by atoms with Gasteiger partial charge < -0.3 is 10.3 Å². The number of anilines is 1. The fourth-order valence-electron chi connectivity index (χ4n) is 2.17. The van der Waals surface area contributed by atoms with E-state index in [1.54, 1.807) is 18.2 Å². The Kier molecular flexibility index (Phi) is 3.83. The molecular formula is C16H9ClF2N2O2. The number of Topliss-reactive ketones (excluding diaryl/α,β-unsaturated/α-hetero) is 1. The summed E-state index contributed by atoms with van der Waals surface area (Å²) in [7, 11) is 0. The van der Waals surface area contributed by atoms with Gasteiger partial charge in [0.25, 0.3) is 11.7 Å². The van der Waals surface area contributed by atoms with Crippen LogP contribution in [0.3, 0.4) is 0 Å². The van der Waals surface area contributed by atoms with E-state index in [2.05, 4.69) is 10.3 Å². The van der Waals surface area contributed by atoms with E-state index in [-0.39, 0.29) is 11.3 Å². The van der Waals surface area contributed by atoms with E-state index in [9.17, 15) is 18.4 Å². The van der Waals surface area contributed by atoms with Gasteiger partial charge in [-0.25, -0.2) is 8.78 Å². The molecule has 0 aliphatic rings. The van der Waals surface area contributed by atoms with Gasteiger partial charge in [0, 0.05) is 28.2 Å². The third-order valence-electron chi connectivity index (χ3n) is 3.27. The van der Waals surface area contributed by atoms with Crippen LogP contribution in [0.5, 0.6) is 0 Å². The normalized spacial score (nSPS) is 10.7. The predicted octanol–water partition coefficient (Wildman–Crippen LogP) is 3.92. The van der Waals surface area contributed by atoms with E-state index in [1.165, 1.54) is 6.20 Å². The minimum absolute atomic E-state index is 0.113. The Morgan fingerprint density at radius 2 is 1.87 bits per heavy atom. The van der Waals surface area contributed by atoms with Crippen LogP contribution in [0.4, 0.5) is 14.5 Å². The van der Waals surface area contributed by atoms with Crippen LogP contribution in [0.1, 0.15) is 10.4 Å². The first-order valence-electron chi connectivity index (χ1n) is 6.53. The fraction of sp³-hybridized carbons (Fsp3) is 0. The van der Waals surface area contributed by atoms with Crippen molar-refractivity contribution in [3.63, 3.8) is 0 Å². The maximum absolute atomic E-state index is 13.5. The number of rotatable bonds is 3. The number of halogens is 3. The monoisotopic (exact) mass is 334 g/mol.